The van der Waals surface area contributed by atoms with Gasteiger partial charge in [-0.2, -0.15) is 0 Å². The second-order valence-electron chi connectivity index (χ2n) is 6.30. The molecule has 1 amide bonds. The average Bonchev–Trinajstić information content (AvgIpc) is 2.99. The van der Waals surface area contributed by atoms with Gasteiger partial charge in [0, 0.05) is 35.1 Å². The van der Waals surface area contributed by atoms with Crippen molar-refractivity contribution in [2.24, 2.45) is 5.73 Å². The minimum absolute atomic E-state index is 0.439. The van der Waals surface area contributed by atoms with E-state index in [0.29, 0.717) is 12.1 Å². The number of rotatable bonds is 4. The summed E-state index contributed by atoms with van der Waals surface area (Å²) in [6.07, 6.45) is 6.87. The zero-order chi connectivity index (χ0) is 19.0. The Hall–Kier alpha value is -3.13. The summed E-state index contributed by atoms with van der Waals surface area (Å²) in [5.41, 5.74) is 9.67. The van der Waals surface area contributed by atoms with Gasteiger partial charge in [0.2, 0.25) is 5.91 Å². The molecular formula is C19H18N6OS. The number of imidazole rings is 1. The number of fused-ring (bicyclic) bond motifs is 2. The van der Waals surface area contributed by atoms with Crippen LogP contribution in [0.4, 0.5) is 11.5 Å². The number of hydrogen-bond acceptors (Lipinski definition) is 6. The molecule has 2 aromatic heterocycles. The Kier molecular flexibility index (Phi) is 4.41. The number of nitrogens with two attached hydrogens (primary N) is 1. The van der Waals surface area contributed by atoms with Crippen LogP contribution in [-0.2, 0) is 11.3 Å². The van der Waals surface area contributed by atoms with E-state index in [2.05, 4.69) is 38.5 Å². The highest BCUT2D eigenvalue weighted by Gasteiger charge is 2.18. The van der Waals surface area contributed by atoms with E-state index in [1.54, 1.807) is 43.5 Å². The molecule has 1 aliphatic heterocycles. The number of primary amides is 1. The summed E-state index contributed by atoms with van der Waals surface area (Å²) < 4.78 is 2.05. The van der Waals surface area contributed by atoms with Crippen LogP contribution in [0.1, 0.15) is 23.9 Å². The third-order valence-corrected chi connectivity index (χ3v) is 5.47. The fourth-order valence-corrected chi connectivity index (χ4v) is 3.69. The predicted molar refractivity (Wildman–Crippen MR) is 105 cm³/mol. The third-order valence-electron chi connectivity index (χ3n) is 4.40. The summed E-state index contributed by atoms with van der Waals surface area (Å²) in [5.74, 6) is 0.339. The highest BCUT2D eigenvalue weighted by Crippen LogP contribution is 2.42. The number of nitrogens with zero attached hydrogens (tertiary/aromatic N) is 4. The number of carbonyl (C=O) groups excluding carboxylic acids is 1. The first-order valence-electron chi connectivity index (χ1n) is 8.40. The van der Waals surface area contributed by atoms with Gasteiger partial charge in [0.1, 0.15) is 5.03 Å². The Bertz CT molecular complexity index is 1070. The molecule has 136 valence electrons. The van der Waals surface area contributed by atoms with Gasteiger partial charge in [-0.1, -0.05) is 17.8 Å². The molecule has 8 heteroatoms. The van der Waals surface area contributed by atoms with Gasteiger partial charge in [-0.15, -0.1) is 0 Å². The molecule has 4 rings (SSSR count). The van der Waals surface area contributed by atoms with Crippen molar-refractivity contribution in [1.29, 1.82) is 0 Å². The minimum Gasteiger partial charge on any atom is -0.366 e. The molecule has 1 aromatic carbocycles. The van der Waals surface area contributed by atoms with Crippen molar-refractivity contribution in [2.75, 3.05) is 5.32 Å². The Balaban J connectivity index is 1.58. The maximum Gasteiger partial charge on any atom is 0.244 e. The molecule has 7 nitrogen and oxygen atoms in total. The summed E-state index contributed by atoms with van der Waals surface area (Å²) in [6, 6.07) is 6.30. The normalized spacial score (nSPS) is 12.9. The van der Waals surface area contributed by atoms with Crippen molar-refractivity contribution < 1.29 is 4.79 Å². The quantitative estimate of drug-likeness (QED) is 0.529. The molecule has 0 radical (unpaired) electrons. The van der Waals surface area contributed by atoms with E-state index in [9.17, 15) is 4.79 Å². The van der Waals surface area contributed by atoms with Crippen molar-refractivity contribution >= 4 is 35.3 Å². The number of nitrogens with one attached hydrogen (secondary N) is 1. The lowest BCUT2D eigenvalue weighted by molar-refractivity contribution is -0.114. The molecule has 0 aliphatic carbocycles. The van der Waals surface area contributed by atoms with Crippen LogP contribution in [0.15, 0.2) is 52.4 Å². The lowest BCUT2D eigenvalue weighted by atomic mass is 10.2. The molecule has 0 fully saturated rings. The fraction of sp³-hybridized carbons (Fsp3) is 0.158. The van der Waals surface area contributed by atoms with E-state index < -0.39 is 5.91 Å². The van der Waals surface area contributed by atoms with Crippen molar-refractivity contribution in [3.8, 4) is 0 Å². The van der Waals surface area contributed by atoms with Gasteiger partial charge < -0.3 is 15.6 Å². The Morgan fingerprint density at radius 1 is 1.30 bits per heavy atom. The Morgan fingerprint density at radius 2 is 2.11 bits per heavy atom. The number of aromatic nitrogens is 4. The molecule has 3 heterocycles. The molecule has 3 N–H and O–H groups in total. The van der Waals surface area contributed by atoms with Gasteiger partial charge in [-0.25, -0.2) is 15.0 Å². The van der Waals surface area contributed by atoms with Crippen LogP contribution in [0.5, 0.6) is 0 Å². The number of carbonyl (C=O) groups is 1. The largest absolute Gasteiger partial charge is 0.366 e. The highest BCUT2D eigenvalue weighted by atomic mass is 32.2. The van der Waals surface area contributed by atoms with Gasteiger partial charge in [0.15, 0.2) is 5.82 Å². The van der Waals surface area contributed by atoms with Gasteiger partial charge in [-0.3, -0.25) is 4.79 Å². The molecule has 1 aliphatic rings. The van der Waals surface area contributed by atoms with E-state index >= 15 is 0 Å². The smallest absolute Gasteiger partial charge is 0.244 e. The lowest BCUT2D eigenvalue weighted by Gasteiger charge is -2.19. The molecular weight excluding hydrogens is 360 g/mol. The molecule has 0 bridgehead atoms. The first-order valence-corrected chi connectivity index (χ1v) is 9.21. The second-order valence-corrected chi connectivity index (χ2v) is 7.33. The molecule has 3 aromatic rings. The molecule has 0 saturated heterocycles. The van der Waals surface area contributed by atoms with Crippen LogP contribution in [0.3, 0.4) is 0 Å². The maximum atomic E-state index is 11.2. The topological polar surface area (TPSA) is 98.7 Å². The van der Waals surface area contributed by atoms with E-state index in [1.807, 2.05) is 11.5 Å². The van der Waals surface area contributed by atoms with Crippen LogP contribution >= 0.6 is 11.8 Å². The maximum absolute atomic E-state index is 11.2. The van der Waals surface area contributed by atoms with E-state index in [0.717, 1.165) is 38.4 Å². The first kappa shape index (κ1) is 17.3. The monoisotopic (exact) mass is 378 g/mol. The number of amides is 1. The molecule has 0 atom stereocenters. The first-order chi connectivity index (χ1) is 13.0. The van der Waals surface area contributed by atoms with Crippen molar-refractivity contribution in [3.05, 3.63) is 59.4 Å². The number of hydrogen-bond donors (Lipinski definition) is 2. The zero-order valence-electron chi connectivity index (χ0n) is 14.9. The van der Waals surface area contributed by atoms with Crippen molar-refractivity contribution in [1.82, 2.24) is 19.5 Å². The van der Waals surface area contributed by atoms with Gasteiger partial charge in [0.25, 0.3) is 0 Å². The van der Waals surface area contributed by atoms with Crippen LogP contribution < -0.4 is 11.1 Å². The summed E-state index contributed by atoms with van der Waals surface area (Å²) in [7, 11) is 0. The minimum atomic E-state index is -0.439. The van der Waals surface area contributed by atoms with Gasteiger partial charge in [0.05, 0.1) is 17.7 Å². The highest BCUT2D eigenvalue weighted by molar-refractivity contribution is 7.99. The van der Waals surface area contributed by atoms with Gasteiger partial charge in [-0.05, 0) is 37.6 Å². The Labute approximate surface area is 160 Å². The summed E-state index contributed by atoms with van der Waals surface area (Å²) in [4.78, 5) is 25.4. The molecule has 0 unspecified atom stereocenters. The molecule has 0 saturated carbocycles. The standard InChI is InChI=1S/C19H18N6OS/c1-11(17(20)26)7-14-12(2)25(10-23-14)9-13-3-4-16-15(8-13)24-18-19(27-16)22-6-5-21-18/h3-8,10H,9H2,1-2H3,(H2,20,26)(H,21,24)/b11-7+. The predicted octanol–water partition coefficient (Wildman–Crippen LogP) is 3.13. The van der Waals surface area contributed by atoms with Gasteiger partial charge >= 0.3 is 0 Å². The molecule has 0 spiro atoms. The summed E-state index contributed by atoms with van der Waals surface area (Å²) in [5, 5.41) is 4.22. The average molecular weight is 378 g/mol. The third kappa shape index (κ3) is 3.43. The van der Waals surface area contributed by atoms with E-state index in [1.165, 1.54) is 0 Å². The summed E-state index contributed by atoms with van der Waals surface area (Å²) >= 11 is 1.61. The lowest BCUT2D eigenvalue weighted by Crippen LogP contribution is -2.11. The van der Waals surface area contributed by atoms with Crippen LogP contribution in [0, 0.1) is 6.92 Å². The number of benzene rings is 1. The second kappa shape index (κ2) is 6.88. The van der Waals surface area contributed by atoms with Crippen LogP contribution in [0.25, 0.3) is 6.08 Å². The van der Waals surface area contributed by atoms with Crippen LogP contribution in [-0.4, -0.2) is 25.4 Å². The Morgan fingerprint density at radius 3 is 2.93 bits per heavy atom. The van der Waals surface area contributed by atoms with E-state index in [-0.39, 0.29) is 0 Å². The van der Waals surface area contributed by atoms with Crippen molar-refractivity contribution in [3.63, 3.8) is 0 Å². The van der Waals surface area contributed by atoms with E-state index in [4.69, 9.17) is 5.73 Å². The van der Waals surface area contributed by atoms with Crippen LogP contribution in [0.2, 0.25) is 0 Å². The SMILES string of the molecule is C/C(=C\c1ncn(Cc2ccc3c(c2)Nc2nccnc2S3)c1C)C(N)=O. The summed E-state index contributed by atoms with van der Waals surface area (Å²) in [6.45, 7) is 4.34. The number of anilines is 2. The molecule has 27 heavy (non-hydrogen) atoms. The van der Waals surface area contributed by atoms with Crippen molar-refractivity contribution in [2.45, 2.75) is 30.3 Å². The zero-order valence-corrected chi connectivity index (χ0v) is 15.7. The fourth-order valence-electron chi connectivity index (χ4n) is 2.81.